The highest BCUT2D eigenvalue weighted by molar-refractivity contribution is 6.32. The molecule has 182 valence electrons. The molecule has 0 aliphatic carbocycles. The van der Waals surface area contributed by atoms with Gasteiger partial charge in [-0.1, -0.05) is 53.5 Å². The first-order valence-electron chi connectivity index (χ1n) is 11.5. The number of benzene rings is 3. The van der Waals surface area contributed by atoms with Gasteiger partial charge in [-0.15, -0.1) is 0 Å². The Balaban J connectivity index is 1.46. The number of pyridine rings is 2. The molecule has 1 aliphatic rings. The number of hydrogen-bond acceptors (Lipinski definition) is 5. The zero-order chi connectivity index (χ0) is 25.5. The fourth-order valence-corrected chi connectivity index (χ4v) is 4.86. The Morgan fingerprint density at radius 1 is 0.946 bits per heavy atom. The Kier molecular flexibility index (Phi) is 5.91. The van der Waals surface area contributed by atoms with E-state index in [1.165, 1.54) is 6.08 Å². The lowest BCUT2D eigenvalue weighted by Gasteiger charge is -2.18. The van der Waals surface area contributed by atoms with Crippen LogP contribution in [0.15, 0.2) is 77.6 Å². The summed E-state index contributed by atoms with van der Waals surface area (Å²) < 4.78 is 11.3. The van der Waals surface area contributed by atoms with E-state index in [0.29, 0.717) is 57.3 Å². The molecule has 0 unspecified atom stereocenters. The second-order valence-electron chi connectivity index (χ2n) is 8.51. The average Bonchev–Trinajstić information content (AvgIpc) is 2.90. The van der Waals surface area contributed by atoms with Crippen LogP contribution in [-0.2, 0) is 0 Å². The third-order valence-corrected chi connectivity index (χ3v) is 6.70. The van der Waals surface area contributed by atoms with E-state index in [1.54, 1.807) is 30.3 Å². The van der Waals surface area contributed by atoms with E-state index in [0.717, 1.165) is 10.9 Å². The van der Waals surface area contributed by atoms with Crippen LogP contribution in [-0.4, -0.2) is 29.0 Å². The van der Waals surface area contributed by atoms with E-state index in [2.05, 4.69) is 9.97 Å². The molecule has 3 aromatic carbocycles. The normalized spacial score (nSPS) is 12.9. The molecule has 0 spiro atoms. The number of allylic oxidation sites excluding steroid dienone is 1. The second-order valence-corrected chi connectivity index (χ2v) is 9.31. The van der Waals surface area contributed by atoms with Gasteiger partial charge in [0.1, 0.15) is 18.4 Å². The minimum absolute atomic E-state index is 0.0155. The molecule has 6 rings (SSSR count). The number of hydrogen-bond donors (Lipinski definition) is 1. The summed E-state index contributed by atoms with van der Waals surface area (Å²) in [6.45, 7) is 0.941. The maximum absolute atomic E-state index is 13.5. The first kappa shape index (κ1) is 23.3. The quantitative estimate of drug-likeness (QED) is 0.159. The lowest BCUT2D eigenvalue weighted by Crippen LogP contribution is -2.18. The predicted octanol–water partition coefficient (Wildman–Crippen LogP) is 6.72. The number of aromatic amines is 1. The van der Waals surface area contributed by atoms with Crippen molar-refractivity contribution in [2.45, 2.75) is 0 Å². The van der Waals surface area contributed by atoms with Crippen LogP contribution in [0.2, 0.25) is 10.2 Å². The molecule has 0 amide bonds. The maximum Gasteiger partial charge on any atom is 0.260 e. The Bertz CT molecular complexity index is 1800. The van der Waals surface area contributed by atoms with Gasteiger partial charge in [0.25, 0.3) is 5.56 Å². The van der Waals surface area contributed by atoms with Gasteiger partial charge in [0.15, 0.2) is 17.3 Å². The fourth-order valence-electron chi connectivity index (χ4n) is 4.47. The summed E-state index contributed by atoms with van der Waals surface area (Å²) in [7, 11) is 0. The highest BCUT2D eigenvalue weighted by atomic mass is 35.5. The summed E-state index contributed by atoms with van der Waals surface area (Å²) in [6, 6.07) is 19.9. The number of H-pyrrole nitrogens is 1. The van der Waals surface area contributed by atoms with E-state index in [-0.39, 0.29) is 10.7 Å². The van der Waals surface area contributed by atoms with Crippen LogP contribution in [0.1, 0.15) is 15.9 Å². The molecule has 37 heavy (non-hydrogen) atoms. The molecule has 6 nitrogen and oxygen atoms in total. The number of ether oxygens (including phenoxy) is 2. The van der Waals surface area contributed by atoms with Crippen LogP contribution in [0, 0.1) is 0 Å². The summed E-state index contributed by atoms with van der Waals surface area (Å²) in [4.78, 5) is 33.9. The molecule has 1 N–H and O–H groups in total. The van der Waals surface area contributed by atoms with Crippen molar-refractivity contribution in [3.8, 4) is 22.6 Å². The third-order valence-electron chi connectivity index (χ3n) is 6.16. The average molecular weight is 529 g/mol. The Morgan fingerprint density at radius 3 is 2.49 bits per heavy atom. The Morgan fingerprint density at radius 2 is 1.70 bits per heavy atom. The van der Waals surface area contributed by atoms with Crippen molar-refractivity contribution < 1.29 is 14.3 Å². The number of fused-ring (bicyclic) bond motifs is 3. The summed E-state index contributed by atoms with van der Waals surface area (Å²) in [5, 5.41) is 2.17. The highest BCUT2D eigenvalue weighted by Gasteiger charge is 2.20. The summed E-state index contributed by atoms with van der Waals surface area (Å²) >= 11 is 12.7. The van der Waals surface area contributed by atoms with Gasteiger partial charge in [-0.05, 0) is 48.0 Å². The van der Waals surface area contributed by atoms with Gasteiger partial charge >= 0.3 is 0 Å². The molecular weight excluding hydrogens is 511 g/mol. The van der Waals surface area contributed by atoms with E-state index in [1.807, 2.05) is 42.5 Å². The zero-order valence-electron chi connectivity index (χ0n) is 19.3. The first-order valence-corrected chi connectivity index (χ1v) is 12.3. The molecule has 2 aromatic heterocycles. The third kappa shape index (κ3) is 4.35. The van der Waals surface area contributed by atoms with Crippen molar-refractivity contribution in [3.05, 3.63) is 104 Å². The molecule has 1 aliphatic heterocycles. The van der Waals surface area contributed by atoms with Crippen LogP contribution in [0.4, 0.5) is 0 Å². The van der Waals surface area contributed by atoms with Crippen molar-refractivity contribution in [3.63, 3.8) is 0 Å². The molecular formula is C29H18Cl2N2O4. The first-order chi connectivity index (χ1) is 18.0. The molecule has 0 fully saturated rings. The number of carbonyl (C=O) groups excluding carboxylic acids is 1. The van der Waals surface area contributed by atoms with Crippen LogP contribution in [0.25, 0.3) is 39.0 Å². The molecule has 3 heterocycles. The Labute approximate surface area is 221 Å². The second kappa shape index (κ2) is 9.39. The number of ketones is 1. The minimum atomic E-state index is -0.491. The highest BCUT2D eigenvalue weighted by Crippen LogP contribution is 2.36. The number of carbonyl (C=O) groups is 1. The molecule has 0 atom stereocenters. The number of aromatic nitrogens is 2. The van der Waals surface area contributed by atoms with Gasteiger partial charge in [-0.2, -0.15) is 0 Å². The minimum Gasteiger partial charge on any atom is -0.486 e. The smallest absolute Gasteiger partial charge is 0.260 e. The lowest BCUT2D eigenvalue weighted by atomic mass is 9.94. The van der Waals surface area contributed by atoms with Gasteiger partial charge in [0.05, 0.1) is 11.1 Å². The monoisotopic (exact) mass is 528 g/mol. The molecule has 0 saturated carbocycles. The van der Waals surface area contributed by atoms with Crippen LogP contribution < -0.4 is 15.0 Å². The fraction of sp³-hybridized carbons (Fsp3) is 0.0690. The largest absolute Gasteiger partial charge is 0.486 e. The maximum atomic E-state index is 13.5. The van der Waals surface area contributed by atoms with Gasteiger partial charge in [0.2, 0.25) is 0 Å². The molecule has 0 bridgehead atoms. The van der Waals surface area contributed by atoms with Crippen LogP contribution in [0.5, 0.6) is 11.5 Å². The predicted molar refractivity (Wildman–Crippen MR) is 146 cm³/mol. The topological polar surface area (TPSA) is 81.3 Å². The molecule has 0 radical (unpaired) electrons. The summed E-state index contributed by atoms with van der Waals surface area (Å²) in [5.74, 6) is 0.771. The Hall–Kier alpha value is -4.13. The van der Waals surface area contributed by atoms with E-state index in [9.17, 15) is 9.59 Å². The summed E-state index contributed by atoms with van der Waals surface area (Å²) in [5.41, 5.74) is 2.53. The number of nitrogens with one attached hydrogen (secondary N) is 1. The van der Waals surface area contributed by atoms with E-state index >= 15 is 0 Å². The standard InChI is InChI=1S/C29H18Cl2N2O4/c30-19-7-8-21-20(14-19)26(16-4-2-1-3-5-16)27(29(35)33-21)23(34)9-6-17-12-18-13-24-25(37-11-10-36-24)15-22(18)32-28(17)31/h1-9,12-15H,10-11H2,(H,33,35). The SMILES string of the molecule is O=C(C=Cc1cc2cc3c(cc2nc1Cl)OCCO3)c1c(-c2ccccc2)c2cc(Cl)ccc2[nH]c1=O. The van der Waals surface area contributed by atoms with Gasteiger partial charge in [-0.25, -0.2) is 4.98 Å². The van der Waals surface area contributed by atoms with Gasteiger partial charge in [0, 0.05) is 38.5 Å². The number of halogens is 2. The van der Waals surface area contributed by atoms with Crippen molar-refractivity contribution in [1.82, 2.24) is 9.97 Å². The van der Waals surface area contributed by atoms with Crippen LogP contribution >= 0.6 is 23.2 Å². The molecule has 8 heteroatoms. The lowest BCUT2D eigenvalue weighted by molar-refractivity contribution is 0.104. The summed E-state index contributed by atoms with van der Waals surface area (Å²) in [6.07, 6.45) is 2.89. The zero-order valence-corrected chi connectivity index (χ0v) is 20.8. The van der Waals surface area contributed by atoms with Gasteiger partial charge < -0.3 is 14.5 Å². The van der Waals surface area contributed by atoms with Crippen molar-refractivity contribution in [1.29, 1.82) is 0 Å². The van der Waals surface area contributed by atoms with Crippen LogP contribution in [0.3, 0.4) is 0 Å². The molecule has 0 saturated heterocycles. The number of nitrogens with zero attached hydrogens (tertiary/aromatic N) is 1. The van der Waals surface area contributed by atoms with Crippen molar-refractivity contribution >= 4 is 56.9 Å². The molecule has 5 aromatic rings. The van der Waals surface area contributed by atoms with E-state index in [4.69, 9.17) is 32.7 Å². The van der Waals surface area contributed by atoms with E-state index < -0.39 is 11.3 Å². The van der Waals surface area contributed by atoms with Crippen molar-refractivity contribution in [2.24, 2.45) is 0 Å². The van der Waals surface area contributed by atoms with Gasteiger partial charge in [-0.3, -0.25) is 9.59 Å². The number of rotatable bonds is 4. The van der Waals surface area contributed by atoms with Crippen molar-refractivity contribution in [2.75, 3.05) is 13.2 Å².